The van der Waals surface area contributed by atoms with Crippen LogP contribution in [0.1, 0.15) is 19.3 Å². The van der Waals surface area contributed by atoms with Crippen molar-refractivity contribution in [2.45, 2.75) is 31.4 Å². The van der Waals surface area contributed by atoms with E-state index in [0.29, 0.717) is 12.5 Å². The number of rotatable bonds is 3. The Labute approximate surface area is 89.5 Å². The van der Waals surface area contributed by atoms with Crippen LogP contribution in [0.3, 0.4) is 0 Å². The van der Waals surface area contributed by atoms with Crippen molar-refractivity contribution in [3.05, 3.63) is 12.2 Å². The molecule has 4 nitrogen and oxygen atoms in total. The van der Waals surface area contributed by atoms with Gasteiger partial charge in [0.05, 0.1) is 12.0 Å². The zero-order chi connectivity index (χ0) is 10.8. The maximum Gasteiger partial charge on any atom is 0.227 e. The minimum atomic E-state index is -0.147. The monoisotopic (exact) mass is 210 g/mol. The molecule has 4 heteroatoms. The van der Waals surface area contributed by atoms with Gasteiger partial charge in [-0.2, -0.15) is 0 Å². The highest BCUT2D eigenvalue weighted by atomic mass is 16.3. The van der Waals surface area contributed by atoms with Gasteiger partial charge in [-0.25, -0.2) is 0 Å². The molecule has 0 radical (unpaired) electrons. The van der Waals surface area contributed by atoms with Crippen LogP contribution in [0.25, 0.3) is 0 Å². The van der Waals surface area contributed by atoms with Crippen molar-refractivity contribution < 1.29 is 9.90 Å². The van der Waals surface area contributed by atoms with Crippen molar-refractivity contribution in [3.8, 4) is 0 Å². The second-order valence-electron chi connectivity index (χ2n) is 4.63. The fraction of sp³-hybridized carbons (Fsp3) is 0.727. The van der Waals surface area contributed by atoms with E-state index in [1.54, 1.807) is 0 Å². The van der Waals surface area contributed by atoms with Gasteiger partial charge in [0.1, 0.15) is 0 Å². The summed E-state index contributed by atoms with van der Waals surface area (Å²) in [5.74, 6) is 0.480. The largest absolute Gasteiger partial charge is 0.393 e. The summed E-state index contributed by atoms with van der Waals surface area (Å²) in [6.45, 7) is 0.690. The highest BCUT2D eigenvalue weighted by molar-refractivity contribution is 5.81. The van der Waals surface area contributed by atoms with Crippen LogP contribution in [0.2, 0.25) is 0 Å². The molecular formula is C11H18N2O2. The third kappa shape index (κ3) is 2.58. The molecular weight excluding hydrogens is 192 g/mol. The Bertz CT molecular complexity index is 272. The fourth-order valence-corrected chi connectivity index (χ4v) is 2.16. The molecule has 2 aliphatic carbocycles. The first-order valence-electron chi connectivity index (χ1n) is 5.55. The predicted molar refractivity (Wildman–Crippen MR) is 57.0 cm³/mol. The Morgan fingerprint density at radius 1 is 1.40 bits per heavy atom. The molecule has 1 amide bonds. The lowest BCUT2D eigenvalue weighted by Crippen LogP contribution is -2.40. The van der Waals surface area contributed by atoms with E-state index in [1.807, 2.05) is 12.2 Å². The van der Waals surface area contributed by atoms with Crippen LogP contribution in [0.5, 0.6) is 0 Å². The molecule has 1 fully saturated rings. The Hall–Kier alpha value is -0.870. The van der Waals surface area contributed by atoms with Crippen LogP contribution in [0.15, 0.2) is 12.2 Å². The van der Waals surface area contributed by atoms with E-state index >= 15 is 0 Å². The van der Waals surface area contributed by atoms with Crippen LogP contribution < -0.4 is 11.1 Å². The lowest BCUT2D eigenvalue weighted by Gasteiger charge is -2.31. The van der Waals surface area contributed by atoms with Crippen LogP contribution in [0.4, 0.5) is 0 Å². The summed E-state index contributed by atoms with van der Waals surface area (Å²) in [6, 6.07) is 0.0336. The van der Waals surface area contributed by atoms with Gasteiger partial charge in [0.25, 0.3) is 0 Å². The summed E-state index contributed by atoms with van der Waals surface area (Å²) < 4.78 is 0. The summed E-state index contributed by atoms with van der Waals surface area (Å²) >= 11 is 0. The zero-order valence-electron chi connectivity index (χ0n) is 8.73. The highest BCUT2D eigenvalue weighted by Gasteiger charge is 2.28. The predicted octanol–water partition coefficient (Wildman–Crippen LogP) is -0.223. The molecule has 0 aromatic rings. The average molecular weight is 210 g/mol. The van der Waals surface area contributed by atoms with E-state index < -0.39 is 0 Å². The van der Waals surface area contributed by atoms with Crippen molar-refractivity contribution >= 4 is 5.91 Å². The van der Waals surface area contributed by atoms with Crippen molar-refractivity contribution in [2.24, 2.45) is 17.6 Å². The number of hydrogen-bond donors (Lipinski definition) is 3. The van der Waals surface area contributed by atoms with E-state index in [2.05, 4.69) is 5.32 Å². The van der Waals surface area contributed by atoms with Crippen molar-refractivity contribution in [1.29, 1.82) is 0 Å². The van der Waals surface area contributed by atoms with E-state index in [0.717, 1.165) is 19.3 Å². The Morgan fingerprint density at radius 3 is 2.67 bits per heavy atom. The molecule has 84 valence electrons. The van der Waals surface area contributed by atoms with Gasteiger partial charge in [-0.1, -0.05) is 12.2 Å². The Kier molecular flexibility index (Phi) is 3.07. The summed E-state index contributed by atoms with van der Waals surface area (Å²) in [5, 5.41) is 12.0. The summed E-state index contributed by atoms with van der Waals surface area (Å²) in [6.07, 6.45) is 5.99. The molecule has 0 bridgehead atoms. The van der Waals surface area contributed by atoms with Crippen LogP contribution in [0, 0.1) is 11.8 Å². The highest BCUT2D eigenvalue weighted by Crippen LogP contribution is 2.26. The number of amides is 1. The lowest BCUT2D eigenvalue weighted by molar-refractivity contribution is -0.124. The molecule has 0 aromatic heterocycles. The van der Waals surface area contributed by atoms with Crippen molar-refractivity contribution in [1.82, 2.24) is 5.32 Å². The third-order valence-electron chi connectivity index (χ3n) is 3.23. The molecule has 2 rings (SSSR count). The first kappa shape index (κ1) is 10.6. The fourth-order valence-electron chi connectivity index (χ4n) is 2.16. The second-order valence-corrected chi connectivity index (χ2v) is 4.63. The molecule has 0 saturated heterocycles. The number of nitrogens with one attached hydrogen (secondary N) is 1. The van der Waals surface area contributed by atoms with Gasteiger partial charge in [-0.3, -0.25) is 4.79 Å². The maximum absolute atomic E-state index is 11.6. The normalized spacial score (nSPS) is 38.8. The molecule has 0 aromatic carbocycles. The van der Waals surface area contributed by atoms with Gasteiger partial charge < -0.3 is 16.2 Å². The molecule has 1 saturated carbocycles. The molecule has 0 spiro atoms. The molecule has 15 heavy (non-hydrogen) atoms. The first-order chi connectivity index (χ1) is 7.15. The minimum absolute atomic E-state index is 0.0336. The van der Waals surface area contributed by atoms with Gasteiger partial charge in [-0.05, 0) is 25.2 Å². The quantitative estimate of drug-likeness (QED) is 0.564. The third-order valence-corrected chi connectivity index (χ3v) is 3.23. The standard InChI is InChI=1S/C11H18N2O2/c12-9-2-1-8(5-9)11(15)13-6-7-3-10(14)4-7/h1-2,7-10,14H,3-6,12H2,(H,13,15). The summed E-state index contributed by atoms with van der Waals surface area (Å²) in [5.41, 5.74) is 5.67. The molecule has 0 heterocycles. The second kappa shape index (κ2) is 4.33. The van der Waals surface area contributed by atoms with Gasteiger partial charge in [0, 0.05) is 12.6 Å². The number of nitrogens with two attached hydrogens (primary N) is 1. The molecule has 2 unspecified atom stereocenters. The average Bonchev–Trinajstić information content (AvgIpc) is 2.57. The number of aliphatic hydroxyl groups is 1. The first-order valence-corrected chi connectivity index (χ1v) is 5.55. The number of carbonyl (C=O) groups excluding carboxylic acids is 1. The van der Waals surface area contributed by atoms with E-state index in [4.69, 9.17) is 10.8 Å². The number of hydrogen-bond acceptors (Lipinski definition) is 3. The van der Waals surface area contributed by atoms with Crippen molar-refractivity contribution in [3.63, 3.8) is 0 Å². The van der Waals surface area contributed by atoms with Gasteiger partial charge in [-0.15, -0.1) is 0 Å². The minimum Gasteiger partial charge on any atom is -0.393 e. The van der Waals surface area contributed by atoms with Crippen LogP contribution >= 0.6 is 0 Å². The molecule has 4 N–H and O–H groups in total. The summed E-state index contributed by atoms with van der Waals surface area (Å²) in [4.78, 5) is 11.6. The number of aliphatic hydroxyl groups excluding tert-OH is 1. The van der Waals surface area contributed by atoms with Gasteiger partial charge >= 0.3 is 0 Å². The maximum atomic E-state index is 11.6. The molecule has 2 atom stereocenters. The molecule has 0 aliphatic heterocycles. The zero-order valence-corrected chi connectivity index (χ0v) is 8.73. The smallest absolute Gasteiger partial charge is 0.227 e. The van der Waals surface area contributed by atoms with E-state index in [1.165, 1.54) is 0 Å². The van der Waals surface area contributed by atoms with Crippen LogP contribution in [-0.2, 0) is 4.79 Å². The van der Waals surface area contributed by atoms with Gasteiger partial charge in [0.15, 0.2) is 0 Å². The topological polar surface area (TPSA) is 75.4 Å². The Morgan fingerprint density at radius 2 is 2.13 bits per heavy atom. The summed E-state index contributed by atoms with van der Waals surface area (Å²) in [7, 11) is 0. The van der Waals surface area contributed by atoms with E-state index in [9.17, 15) is 4.79 Å². The molecule has 2 aliphatic rings. The number of carbonyl (C=O) groups is 1. The SMILES string of the molecule is NC1C=CC(C(=O)NCC2CC(O)C2)C1. The van der Waals surface area contributed by atoms with Gasteiger partial charge in [0.2, 0.25) is 5.91 Å². The lowest BCUT2D eigenvalue weighted by atomic mass is 9.82. The Balaban J connectivity index is 1.67. The van der Waals surface area contributed by atoms with E-state index in [-0.39, 0.29) is 24.0 Å². The van der Waals surface area contributed by atoms with Crippen molar-refractivity contribution in [2.75, 3.05) is 6.54 Å². The van der Waals surface area contributed by atoms with Crippen LogP contribution in [-0.4, -0.2) is 29.7 Å².